The average Bonchev–Trinajstić information content (AvgIpc) is 2.74. The number of amides is 2. The smallest absolute Gasteiger partial charge is 0.262 e. The number of halogens is 2. The maximum atomic E-state index is 12.7. The van der Waals surface area contributed by atoms with E-state index in [9.17, 15) is 9.59 Å². The molecule has 0 saturated heterocycles. The van der Waals surface area contributed by atoms with Crippen LogP contribution < -0.4 is 20.2 Å². The average molecular weight is 539 g/mol. The number of benzene rings is 2. The number of nitrogens with one attached hydrogen (secondary N) is 2. The normalized spacial score (nSPS) is 12.2. The lowest BCUT2D eigenvalue weighted by atomic mass is 10.0. The van der Waals surface area contributed by atoms with Crippen LogP contribution in [-0.2, 0) is 4.79 Å². The van der Waals surface area contributed by atoms with Gasteiger partial charge in [0.05, 0.1) is 23.4 Å². The van der Waals surface area contributed by atoms with Crippen LogP contribution in [0.3, 0.4) is 0 Å². The number of nitrogens with zero attached hydrogens (tertiary/aromatic N) is 1. The van der Waals surface area contributed by atoms with Crippen molar-refractivity contribution < 1.29 is 19.1 Å². The van der Waals surface area contributed by atoms with Gasteiger partial charge in [0.25, 0.3) is 11.8 Å². The summed E-state index contributed by atoms with van der Waals surface area (Å²) in [5, 5.41) is 7.24. The molecule has 0 aromatic heterocycles. The molecule has 0 fully saturated rings. The number of hydrazone groups is 1. The zero-order valence-corrected chi connectivity index (χ0v) is 21.7. The van der Waals surface area contributed by atoms with Gasteiger partial charge in [0.15, 0.2) is 11.5 Å². The Morgan fingerprint density at radius 1 is 1.18 bits per heavy atom. The Morgan fingerprint density at radius 2 is 1.91 bits per heavy atom. The van der Waals surface area contributed by atoms with Gasteiger partial charge in [-0.05, 0) is 78.5 Å². The van der Waals surface area contributed by atoms with Crippen LogP contribution in [0.5, 0.6) is 11.5 Å². The highest BCUT2D eigenvalue weighted by atomic mass is 79.9. The van der Waals surface area contributed by atoms with Gasteiger partial charge < -0.3 is 14.8 Å². The van der Waals surface area contributed by atoms with E-state index in [-0.39, 0.29) is 17.9 Å². The fraction of sp³-hybridized carbons (Fsp3) is 0.375. The summed E-state index contributed by atoms with van der Waals surface area (Å²) in [5.41, 5.74) is 3.58. The lowest BCUT2D eigenvalue weighted by Gasteiger charge is -2.20. The molecule has 0 spiro atoms. The summed E-state index contributed by atoms with van der Waals surface area (Å²) in [6, 6.07) is 9.36. The first-order valence-corrected chi connectivity index (χ1v) is 11.8. The Bertz CT molecular complexity index is 1010. The van der Waals surface area contributed by atoms with Crippen LogP contribution in [-0.4, -0.2) is 36.8 Å². The van der Waals surface area contributed by atoms with Gasteiger partial charge in [-0.3, -0.25) is 9.59 Å². The van der Waals surface area contributed by atoms with E-state index in [1.165, 1.54) is 6.21 Å². The number of rotatable bonds is 10. The zero-order chi connectivity index (χ0) is 24.5. The molecule has 1 atom stereocenters. The highest BCUT2D eigenvalue weighted by Gasteiger charge is 2.24. The van der Waals surface area contributed by atoms with E-state index in [1.807, 2.05) is 40.7 Å². The molecular formula is C24H29BrClN3O4. The summed E-state index contributed by atoms with van der Waals surface area (Å²) < 4.78 is 12.2. The molecule has 0 aliphatic rings. The van der Waals surface area contributed by atoms with Crippen LogP contribution in [0, 0.1) is 5.92 Å². The largest absolute Gasteiger partial charge is 0.490 e. The van der Waals surface area contributed by atoms with Crippen LogP contribution in [0.2, 0.25) is 5.02 Å². The van der Waals surface area contributed by atoms with E-state index in [1.54, 1.807) is 30.3 Å². The third kappa shape index (κ3) is 8.05. The highest BCUT2D eigenvalue weighted by molar-refractivity contribution is 9.10. The number of hydrogen-bond acceptors (Lipinski definition) is 5. The van der Waals surface area contributed by atoms with Crippen molar-refractivity contribution >= 4 is 45.6 Å². The zero-order valence-electron chi connectivity index (χ0n) is 19.3. The van der Waals surface area contributed by atoms with Crippen LogP contribution in [0.25, 0.3) is 0 Å². The van der Waals surface area contributed by atoms with Crippen LogP contribution >= 0.6 is 27.5 Å². The van der Waals surface area contributed by atoms with Crippen LogP contribution in [0.1, 0.15) is 50.5 Å². The molecule has 7 nitrogen and oxygen atoms in total. The van der Waals surface area contributed by atoms with E-state index in [2.05, 4.69) is 31.8 Å². The molecule has 1 unspecified atom stereocenters. The Balaban J connectivity index is 2.12. The van der Waals surface area contributed by atoms with Gasteiger partial charge in [0.2, 0.25) is 0 Å². The van der Waals surface area contributed by atoms with Crippen molar-refractivity contribution in [3.8, 4) is 11.5 Å². The Morgan fingerprint density at radius 3 is 2.52 bits per heavy atom. The summed E-state index contributed by atoms with van der Waals surface area (Å²) >= 11 is 9.46. The summed E-state index contributed by atoms with van der Waals surface area (Å²) in [6.45, 7) is 9.90. The topological polar surface area (TPSA) is 89.0 Å². The second-order valence-electron chi connectivity index (χ2n) is 7.87. The van der Waals surface area contributed by atoms with Crippen molar-refractivity contribution in [3.05, 3.63) is 57.0 Å². The van der Waals surface area contributed by atoms with Gasteiger partial charge in [0.1, 0.15) is 6.04 Å². The molecule has 2 amide bonds. The van der Waals surface area contributed by atoms with Gasteiger partial charge in [-0.2, -0.15) is 5.10 Å². The minimum Gasteiger partial charge on any atom is -0.490 e. The summed E-state index contributed by atoms with van der Waals surface area (Å²) in [7, 11) is 0. The lowest BCUT2D eigenvalue weighted by molar-refractivity contribution is -0.123. The first-order valence-electron chi connectivity index (χ1n) is 10.6. The van der Waals surface area contributed by atoms with Gasteiger partial charge in [0, 0.05) is 10.6 Å². The van der Waals surface area contributed by atoms with Crippen molar-refractivity contribution in [3.63, 3.8) is 0 Å². The minimum atomic E-state index is -0.777. The molecule has 0 saturated carbocycles. The van der Waals surface area contributed by atoms with E-state index < -0.39 is 11.9 Å². The van der Waals surface area contributed by atoms with E-state index >= 15 is 0 Å². The third-order valence-electron chi connectivity index (χ3n) is 4.40. The van der Waals surface area contributed by atoms with Crippen molar-refractivity contribution in [1.29, 1.82) is 0 Å². The van der Waals surface area contributed by atoms with E-state index in [0.29, 0.717) is 38.7 Å². The molecule has 2 aromatic rings. The van der Waals surface area contributed by atoms with Gasteiger partial charge in [-0.15, -0.1) is 0 Å². The molecule has 0 heterocycles. The molecule has 9 heteroatoms. The molecule has 33 heavy (non-hydrogen) atoms. The molecular weight excluding hydrogens is 510 g/mol. The van der Waals surface area contributed by atoms with Crippen LogP contribution in [0.4, 0.5) is 0 Å². The van der Waals surface area contributed by atoms with Gasteiger partial charge in [-0.25, -0.2) is 5.43 Å². The second kappa shape index (κ2) is 12.6. The third-order valence-corrected chi connectivity index (χ3v) is 5.22. The Kier molecular flexibility index (Phi) is 10.2. The van der Waals surface area contributed by atoms with E-state index in [0.717, 1.165) is 0 Å². The molecule has 2 rings (SSSR count). The fourth-order valence-corrected chi connectivity index (χ4v) is 3.65. The molecule has 0 aliphatic carbocycles. The Hall–Kier alpha value is -2.58. The second-order valence-corrected chi connectivity index (χ2v) is 9.16. The molecule has 0 aliphatic heterocycles. The van der Waals surface area contributed by atoms with E-state index in [4.69, 9.17) is 21.1 Å². The number of hydrogen-bond donors (Lipinski definition) is 2. The molecule has 178 valence electrons. The number of ether oxygens (including phenoxy) is 2. The monoisotopic (exact) mass is 537 g/mol. The quantitative estimate of drug-likeness (QED) is 0.322. The van der Waals surface area contributed by atoms with Crippen molar-refractivity contribution in [2.45, 2.75) is 46.8 Å². The van der Waals surface area contributed by atoms with Crippen molar-refractivity contribution in [2.24, 2.45) is 11.0 Å². The highest BCUT2D eigenvalue weighted by Crippen LogP contribution is 2.37. The van der Waals surface area contributed by atoms with Crippen LogP contribution in [0.15, 0.2) is 46.0 Å². The summed E-state index contributed by atoms with van der Waals surface area (Å²) in [4.78, 5) is 25.2. The Labute approximate surface area is 208 Å². The predicted octanol–water partition coefficient (Wildman–Crippen LogP) is 5.19. The van der Waals surface area contributed by atoms with Crippen molar-refractivity contribution in [1.82, 2.24) is 10.7 Å². The minimum absolute atomic E-state index is 0.0191. The van der Waals surface area contributed by atoms with Gasteiger partial charge in [-0.1, -0.05) is 31.5 Å². The SMILES string of the molecule is CCOc1cc(C=NNC(=O)C(NC(=O)c2cccc(Cl)c2)C(C)C)cc(Br)c1OC(C)C. The number of carbonyl (C=O) groups is 2. The first-order chi connectivity index (χ1) is 15.6. The molecule has 0 bridgehead atoms. The predicted molar refractivity (Wildman–Crippen MR) is 134 cm³/mol. The maximum absolute atomic E-state index is 12.7. The summed E-state index contributed by atoms with van der Waals surface area (Å²) in [5.74, 6) is 0.204. The molecule has 0 radical (unpaired) electrons. The number of carbonyl (C=O) groups excluding carboxylic acids is 2. The molecule has 2 aromatic carbocycles. The first kappa shape index (κ1) is 26.7. The molecule has 2 N–H and O–H groups in total. The lowest BCUT2D eigenvalue weighted by Crippen LogP contribution is -2.48. The fourth-order valence-electron chi connectivity index (χ4n) is 2.90. The maximum Gasteiger partial charge on any atom is 0.262 e. The van der Waals surface area contributed by atoms with Gasteiger partial charge >= 0.3 is 0 Å². The standard InChI is InChI=1S/C24H29BrClN3O4/c1-6-32-20-11-16(10-19(25)22(20)33-15(4)5)13-27-29-24(31)21(14(2)3)28-23(30)17-8-7-9-18(26)12-17/h7-15,21H,6H2,1-5H3,(H,28,30)(H,29,31). The van der Waals surface area contributed by atoms with Crippen molar-refractivity contribution in [2.75, 3.05) is 6.61 Å². The summed E-state index contributed by atoms with van der Waals surface area (Å²) in [6.07, 6.45) is 1.48.